The number of ketones is 1. The highest BCUT2D eigenvalue weighted by atomic mass is 16.6. The number of hydrogen-bond donors (Lipinski definition) is 5. The molecular weight excluding hydrogens is 606 g/mol. The zero-order valence-corrected chi connectivity index (χ0v) is 26.8. The maximum Gasteiger partial charge on any atom is 0.374 e. The summed E-state index contributed by atoms with van der Waals surface area (Å²) in [6.07, 6.45) is 3.88. The van der Waals surface area contributed by atoms with Crippen molar-refractivity contribution in [3.63, 3.8) is 0 Å². The van der Waals surface area contributed by atoms with Gasteiger partial charge in [0.2, 0.25) is 5.76 Å². The van der Waals surface area contributed by atoms with Gasteiger partial charge in [-0.3, -0.25) is 4.79 Å². The summed E-state index contributed by atoms with van der Waals surface area (Å²) in [5.74, 6) is -1.32. The summed E-state index contributed by atoms with van der Waals surface area (Å²) < 4.78 is 24.1. The maximum atomic E-state index is 13.8. The molecule has 3 heterocycles. The zero-order chi connectivity index (χ0) is 33.5. The number of aliphatic hydroxyl groups excluding tert-OH is 3. The number of rotatable bonds is 10. The Bertz CT molecular complexity index is 1760. The summed E-state index contributed by atoms with van der Waals surface area (Å²) in [6.45, 7) is 4.24. The number of H-pyrrole nitrogens is 1. The topological polar surface area (TPSA) is 168 Å². The number of aliphatic hydroxyl groups is 4. The molecule has 3 aliphatic rings. The molecule has 0 bridgehead atoms. The van der Waals surface area contributed by atoms with Crippen molar-refractivity contribution in [2.45, 2.75) is 70.7 Å². The second kappa shape index (κ2) is 13.2. The number of aromatic amines is 1. The highest BCUT2D eigenvalue weighted by molar-refractivity contribution is 5.99. The Morgan fingerprint density at radius 2 is 1.91 bits per heavy atom. The average molecular weight is 648 g/mol. The first-order valence-corrected chi connectivity index (χ1v) is 16.0. The Balaban J connectivity index is 1.59. The molecule has 2 aliphatic heterocycles. The van der Waals surface area contributed by atoms with Crippen molar-refractivity contribution in [1.29, 1.82) is 0 Å². The van der Waals surface area contributed by atoms with E-state index in [0.29, 0.717) is 41.0 Å². The number of carbonyl (C=O) groups is 2. The minimum atomic E-state index is -1.24. The van der Waals surface area contributed by atoms with Crippen molar-refractivity contribution in [3.8, 4) is 17.2 Å². The SMILES string of the molecule is CCOC(=O)C1=C/C(=C2\C[C@@H](CO)C(=O)[C@H](c3ccc4[nH]ccc4c3)C2)c2c(OCCCO)c3c(c(CO)c2O1)O[C@H](C(C)(C)O)C3. The quantitative estimate of drug-likeness (QED) is 0.161. The molecule has 0 amide bonds. The van der Waals surface area contributed by atoms with Crippen LogP contribution in [0.3, 0.4) is 0 Å². The molecule has 1 saturated carbocycles. The molecule has 11 heteroatoms. The van der Waals surface area contributed by atoms with Crippen LogP contribution in [0, 0.1) is 5.92 Å². The number of Topliss-reactive ketones (excluding diaryl/α,β-unsaturated/α-hetero) is 1. The minimum Gasteiger partial charge on any atom is -0.492 e. The Kier molecular flexibility index (Phi) is 9.17. The van der Waals surface area contributed by atoms with Gasteiger partial charge in [-0.05, 0) is 74.4 Å². The van der Waals surface area contributed by atoms with Gasteiger partial charge in [-0.2, -0.15) is 0 Å². The lowest BCUT2D eigenvalue weighted by molar-refractivity contribution is -0.141. The van der Waals surface area contributed by atoms with E-state index in [0.717, 1.165) is 22.0 Å². The Morgan fingerprint density at radius 1 is 1.11 bits per heavy atom. The summed E-state index contributed by atoms with van der Waals surface area (Å²) in [5.41, 5.74) is 3.25. The molecule has 5 N–H and O–H groups in total. The lowest BCUT2D eigenvalue weighted by atomic mass is 9.72. The molecule has 2 aromatic carbocycles. The summed E-state index contributed by atoms with van der Waals surface area (Å²) >= 11 is 0. The van der Waals surface area contributed by atoms with E-state index in [1.165, 1.54) is 0 Å². The maximum absolute atomic E-state index is 13.8. The molecule has 0 saturated heterocycles. The van der Waals surface area contributed by atoms with Crippen molar-refractivity contribution >= 4 is 28.2 Å². The summed E-state index contributed by atoms with van der Waals surface area (Å²) in [5, 5.41) is 42.5. The van der Waals surface area contributed by atoms with Gasteiger partial charge < -0.3 is 44.4 Å². The molecule has 3 atom stereocenters. The van der Waals surface area contributed by atoms with Gasteiger partial charge in [0.1, 0.15) is 29.1 Å². The average Bonchev–Trinajstić information content (AvgIpc) is 3.72. The first kappa shape index (κ1) is 32.8. The Labute approximate surface area is 272 Å². The van der Waals surface area contributed by atoms with Crippen LogP contribution in [0.4, 0.5) is 0 Å². The molecule has 0 spiro atoms. The fourth-order valence-electron chi connectivity index (χ4n) is 6.77. The van der Waals surface area contributed by atoms with E-state index in [9.17, 15) is 30.0 Å². The number of allylic oxidation sites excluding steroid dienone is 3. The lowest BCUT2D eigenvalue weighted by Gasteiger charge is -2.33. The third-order valence-corrected chi connectivity index (χ3v) is 9.20. The van der Waals surface area contributed by atoms with Gasteiger partial charge in [0, 0.05) is 48.6 Å². The summed E-state index contributed by atoms with van der Waals surface area (Å²) in [7, 11) is 0. The predicted molar refractivity (Wildman–Crippen MR) is 172 cm³/mol. The van der Waals surface area contributed by atoms with Crippen LogP contribution in [0.5, 0.6) is 17.2 Å². The minimum absolute atomic E-state index is 0.0700. The number of benzene rings is 2. The Hall–Kier alpha value is -4.16. The number of aromatic nitrogens is 1. The molecule has 1 fully saturated rings. The fourth-order valence-corrected chi connectivity index (χ4v) is 6.77. The van der Waals surface area contributed by atoms with E-state index in [-0.39, 0.29) is 62.1 Å². The Morgan fingerprint density at radius 3 is 2.62 bits per heavy atom. The van der Waals surface area contributed by atoms with Gasteiger partial charge in [-0.1, -0.05) is 11.6 Å². The van der Waals surface area contributed by atoms with E-state index < -0.39 is 36.1 Å². The van der Waals surface area contributed by atoms with E-state index in [1.807, 2.05) is 30.5 Å². The first-order valence-electron chi connectivity index (χ1n) is 16.0. The van der Waals surface area contributed by atoms with Crippen LogP contribution in [-0.2, 0) is 27.4 Å². The standard InChI is InChI=1S/C36H41NO10/c1-4-44-35(42)28-15-23(21-13-22(17-39)31(41)24(14-21)19-6-7-27-20(12-19)8-9-37-27)30-33(45-11-5-10-38)25-16-29(36(2,3)43)47-32(25)26(18-40)34(30)46-28/h6-9,12,15,22,24,29,37-40,43H,4-5,10-11,13-14,16-18H2,1-3H3/b23-21-/t22-,24-,29-/m0/s1. The molecule has 1 aliphatic carbocycles. The van der Waals surface area contributed by atoms with Crippen molar-refractivity contribution in [3.05, 3.63) is 70.1 Å². The third-order valence-electron chi connectivity index (χ3n) is 9.20. The molecular formula is C36H41NO10. The summed E-state index contributed by atoms with van der Waals surface area (Å²) in [6, 6.07) is 7.75. The molecule has 3 aromatic rings. The van der Waals surface area contributed by atoms with E-state index in [1.54, 1.807) is 26.8 Å². The van der Waals surface area contributed by atoms with Crippen LogP contribution in [0.25, 0.3) is 16.5 Å². The van der Waals surface area contributed by atoms with Crippen LogP contribution in [0.15, 0.2) is 47.9 Å². The molecule has 11 nitrogen and oxygen atoms in total. The number of fused-ring (bicyclic) bond motifs is 3. The zero-order valence-electron chi connectivity index (χ0n) is 26.8. The van der Waals surface area contributed by atoms with Crippen LogP contribution >= 0.6 is 0 Å². The van der Waals surface area contributed by atoms with Gasteiger partial charge in [-0.25, -0.2) is 4.79 Å². The molecule has 1 aromatic heterocycles. The summed E-state index contributed by atoms with van der Waals surface area (Å²) in [4.78, 5) is 30.1. The lowest BCUT2D eigenvalue weighted by Crippen LogP contribution is -2.39. The third kappa shape index (κ3) is 6.04. The molecule has 0 radical (unpaired) electrons. The van der Waals surface area contributed by atoms with E-state index in [4.69, 9.17) is 18.9 Å². The molecule has 6 rings (SSSR count). The smallest absolute Gasteiger partial charge is 0.374 e. The van der Waals surface area contributed by atoms with Crippen LogP contribution in [0.2, 0.25) is 0 Å². The number of carbonyl (C=O) groups excluding carboxylic acids is 2. The predicted octanol–water partition coefficient (Wildman–Crippen LogP) is 3.84. The van der Waals surface area contributed by atoms with Crippen LogP contribution in [-0.4, -0.2) is 75.3 Å². The van der Waals surface area contributed by atoms with Crippen molar-refractivity contribution in [2.75, 3.05) is 26.4 Å². The van der Waals surface area contributed by atoms with Crippen molar-refractivity contribution < 1.29 is 49.0 Å². The molecule has 0 unspecified atom stereocenters. The normalized spacial score (nSPS) is 22.3. The number of hydrogen-bond acceptors (Lipinski definition) is 10. The number of esters is 1. The highest BCUT2D eigenvalue weighted by Crippen LogP contribution is 2.55. The van der Waals surface area contributed by atoms with Crippen LogP contribution < -0.4 is 14.2 Å². The second-order valence-electron chi connectivity index (χ2n) is 12.8. The second-order valence-corrected chi connectivity index (χ2v) is 12.8. The van der Waals surface area contributed by atoms with Gasteiger partial charge in [0.15, 0.2) is 0 Å². The van der Waals surface area contributed by atoms with Gasteiger partial charge in [-0.15, -0.1) is 0 Å². The van der Waals surface area contributed by atoms with Gasteiger partial charge in [0.25, 0.3) is 0 Å². The first-order chi connectivity index (χ1) is 22.6. The number of nitrogens with one attached hydrogen (secondary N) is 1. The monoisotopic (exact) mass is 647 g/mol. The van der Waals surface area contributed by atoms with Crippen LogP contribution in [0.1, 0.15) is 68.2 Å². The largest absolute Gasteiger partial charge is 0.492 e. The van der Waals surface area contributed by atoms with Gasteiger partial charge >= 0.3 is 5.97 Å². The molecule has 250 valence electrons. The van der Waals surface area contributed by atoms with E-state index in [2.05, 4.69) is 4.98 Å². The number of ether oxygens (including phenoxy) is 4. The van der Waals surface area contributed by atoms with Gasteiger partial charge in [0.05, 0.1) is 43.2 Å². The molecule has 47 heavy (non-hydrogen) atoms. The van der Waals surface area contributed by atoms with Crippen molar-refractivity contribution in [1.82, 2.24) is 4.98 Å². The fraction of sp³-hybridized carbons (Fsp3) is 0.444. The van der Waals surface area contributed by atoms with Crippen molar-refractivity contribution in [2.24, 2.45) is 5.92 Å². The highest BCUT2D eigenvalue weighted by Gasteiger charge is 2.44. The van der Waals surface area contributed by atoms with E-state index >= 15 is 0 Å².